The first-order valence-electron chi connectivity index (χ1n) is 6.51. The van der Waals surface area contributed by atoms with E-state index in [2.05, 4.69) is 4.98 Å². The maximum absolute atomic E-state index is 13.9. The summed E-state index contributed by atoms with van der Waals surface area (Å²) in [6.07, 6.45) is 2.59. The standard InChI is InChI=1S/C15H14FN3OS/c1-10(11-5-3-4-6-12(11)16)18(2)14-13(9-20)19-7-8-21-15(19)17-14/h3-10H,1-2H3. The molecule has 0 fully saturated rings. The second-order valence-corrected chi connectivity index (χ2v) is 5.68. The molecule has 0 radical (unpaired) electrons. The highest BCUT2D eigenvalue weighted by Gasteiger charge is 2.22. The number of aromatic nitrogens is 2. The second-order valence-electron chi connectivity index (χ2n) is 4.80. The summed E-state index contributed by atoms with van der Waals surface area (Å²) in [5, 5.41) is 1.87. The van der Waals surface area contributed by atoms with Crippen LogP contribution < -0.4 is 4.90 Å². The van der Waals surface area contributed by atoms with Gasteiger partial charge in [-0.3, -0.25) is 9.20 Å². The normalized spacial score (nSPS) is 12.5. The summed E-state index contributed by atoms with van der Waals surface area (Å²) in [4.78, 5) is 18.4. The molecule has 108 valence electrons. The summed E-state index contributed by atoms with van der Waals surface area (Å²) >= 11 is 1.46. The van der Waals surface area contributed by atoms with Crippen molar-refractivity contribution < 1.29 is 9.18 Å². The van der Waals surface area contributed by atoms with E-state index in [0.717, 1.165) is 11.2 Å². The first-order chi connectivity index (χ1) is 10.1. The summed E-state index contributed by atoms with van der Waals surface area (Å²) in [5.41, 5.74) is 1.06. The number of rotatable bonds is 4. The van der Waals surface area contributed by atoms with Crippen molar-refractivity contribution in [1.82, 2.24) is 9.38 Å². The van der Waals surface area contributed by atoms with Crippen LogP contribution in [-0.2, 0) is 0 Å². The van der Waals surface area contributed by atoms with Crippen molar-refractivity contribution in [1.29, 1.82) is 0 Å². The third-order valence-electron chi connectivity index (χ3n) is 3.66. The monoisotopic (exact) mass is 303 g/mol. The van der Waals surface area contributed by atoms with Crippen molar-refractivity contribution in [3.63, 3.8) is 0 Å². The van der Waals surface area contributed by atoms with Crippen LogP contribution in [0, 0.1) is 5.82 Å². The van der Waals surface area contributed by atoms with Gasteiger partial charge < -0.3 is 4.90 Å². The average molecular weight is 303 g/mol. The number of carbonyl (C=O) groups is 1. The first kappa shape index (κ1) is 13.8. The maximum Gasteiger partial charge on any atom is 0.196 e. The molecule has 0 bridgehead atoms. The highest BCUT2D eigenvalue weighted by molar-refractivity contribution is 7.15. The van der Waals surface area contributed by atoms with Crippen molar-refractivity contribution in [2.24, 2.45) is 0 Å². The fourth-order valence-corrected chi connectivity index (χ4v) is 3.08. The zero-order valence-electron chi connectivity index (χ0n) is 11.7. The molecule has 2 heterocycles. The Morgan fingerprint density at radius 2 is 2.19 bits per heavy atom. The van der Waals surface area contributed by atoms with Crippen LogP contribution in [0.4, 0.5) is 10.2 Å². The Labute approximate surface area is 125 Å². The van der Waals surface area contributed by atoms with Gasteiger partial charge in [0.15, 0.2) is 17.1 Å². The van der Waals surface area contributed by atoms with Crippen LogP contribution in [-0.4, -0.2) is 22.7 Å². The lowest BCUT2D eigenvalue weighted by atomic mass is 10.1. The molecule has 3 rings (SSSR count). The molecule has 0 aliphatic rings. The highest BCUT2D eigenvalue weighted by Crippen LogP contribution is 2.30. The van der Waals surface area contributed by atoms with E-state index in [4.69, 9.17) is 0 Å². The van der Waals surface area contributed by atoms with E-state index in [1.807, 2.05) is 30.4 Å². The molecule has 0 aliphatic heterocycles. The number of imidazole rings is 1. The molecular formula is C15H14FN3OS. The molecule has 3 aromatic rings. The zero-order chi connectivity index (χ0) is 15.0. The van der Waals surface area contributed by atoms with E-state index in [9.17, 15) is 9.18 Å². The molecule has 0 saturated heterocycles. The predicted molar refractivity (Wildman–Crippen MR) is 81.7 cm³/mol. The van der Waals surface area contributed by atoms with E-state index in [-0.39, 0.29) is 11.9 Å². The quantitative estimate of drug-likeness (QED) is 0.692. The summed E-state index contributed by atoms with van der Waals surface area (Å²) < 4.78 is 15.7. The Hall–Kier alpha value is -2.21. The molecule has 0 saturated carbocycles. The number of aldehydes is 1. The minimum Gasteiger partial charge on any atom is -0.351 e. The third-order valence-corrected chi connectivity index (χ3v) is 4.42. The van der Waals surface area contributed by atoms with Crippen LogP contribution in [0.25, 0.3) is 4.96 Å². The van der Waals surface area contributed by atoms with Crippen molar-refractivity contribution in [3.05, 3.63) is 52.9 Å². The fourth-order valence-electron chi connectivity index (χ4n) is 2.37. The Kier molecular flexibility index (Phi) is 3.47. The molecule has 0 N–H and O–H groups in total. The number of halogens is 1. The molecular weight excluding hydrogens is 289 g/mol. The number of hydrogen-bond acceptors (Lipinski definition) is 4. The number of benzene rings is 1. The van der Waals surface area contributed by atoms with Crippen molar-refractivity contribution in [2.75, 3.05) is 11.9 Å². The first-order valence-corrected chi connectivity index (χ1v) is 7.39. The number of anilines is 1. The topological polar surface area (TPSA) is 37.6 Å². The summed E-state index contributed by atoms with van der Waals surface area (Å²) in [7, 11) is 1.82. The summed E-state index contributed by atoms with van der Waals surface area (Å²) in [6.45, 7) is 1.89. The van der Waals surface area contributed by atoms with Gasteiger partial charge in [0.1, 0.15) is 11.5 Å². The smallest absolute Gasteiger partial charge is 0.196 e. The second kappa shape index (κ2) is 5.29. The molecule has 0 spiro atoms. The number of thiazole rings is 1. The maximum atomic E-state index is 13.9. The molecule has 0 aliphatic carbocycles. The van der Waals surface area contributed by atoms with E-state index in [1.54, 1.807) is 22.6 Å². The van der Waals surface area contributed by atoms with Gasteiger partial charge in [0.05, 0.1) is 6.04 Å². The van der Waals surface area contributed by atoms with E-state index in [0.29, 0.717) is 17.1 Å². The molecule has 1 unspecified atom stereocenters. The Bertz CT molecular complexity index is 795. The summed E-state index contributed by atoms with van der Waals surface area (Å²) in [5.74, 6) is 0.304. The van der Waals surface area contributed by atoms with Crippen molar-refractivity contribution >= 4 is 28.4 Å². The van der Waals surface area contributed by atoms with E-state index < -0.39 is 0 Å². The van der Waals surface area contributed by atoms with Gasteiger partial charge in [-0.05, 0) is 13.0 Å². The van der Waals surface area contributed by atoms with E-state index >= 15 is 0 Å². The van der Waals surface area contributed by atoms with Crippen LogP contribution in [0.3, 0.4) is 0 Å². The van der Waals surface area contributed by atoms with Gasteiger partial charge >= 0.3 is 0 Å². The van der Waals surface area contributed by atoms with Gasteiger partial charge in [-0.15, -0.1) is 11.3 Å². The van der Waals surface area contributed by atoms with Gasteiger partial charge in [-0.1, -0.05) is 18.2 Å². The minimum absolute atomic E-state index is 0.227. The van der Waals surface area contributed by atoms with Gasteiger partial charge in [0.25, 0.3) is 0 Å². The van der Waals surface area contributed by atoms with Gasteiger partial charge in [0.2, 0.25) is 0 Å². The zero-order valence-corrected chi connectivity index (χ0v) is 12.5. The highest BCUT2D eigenvalue weighted by atomic mass is 32.1. The fraction of sp³-hybridized carbons (Fsp3) is 0.200. The molecule has 21 heavy (non-hydrogen) atoms. The molecule has 0 amide bonds. The number of hydrogen-bond donors (Lipinski definition) is 0. The molecule has 1 aromatic carbocycles. The lowest BCUT2D eigenvalue weighted by Crippen LogP contribution is -2.24. The van der Waals surface area contributed by atoms with Crippen LogP contribution in [0.2, 0.25) is 0 Å². The number of carbonyl (C=O) groups excluding carboxylic acids is 1. The predicted octanol–water partition coefficient (Wildman–Crippen LogP) is 3.54. The van der Waals surface area contributed by atoms with Crippen LogP contribution in [0.1, 0.15) is 29.0 Å². The number of nitrogens with zero attached hydrogens (tertiary/aromatic N) is 3. The SMILES string of the molecule is CC(c1ccccc1F)N(C)c1nc2sccn2c1C=O. The van der Waals surface area contributed by atoms with Crippen molar-refractivity contribution in [2.45, 2.75) is 13.0 Å². The minimum atomic E-state index is -0.259. The van der Waals surface area contributed by atoms with Crippen LogP contribution >= 0.6 is 11.3 Å². The number of fused-ring (bicyclic) bond motifs is 1. The van der Waals surface area contributed by atoms with Gasteiger partial charge in [-0.25, -0.2) is 9.37 Å². The van der Waals surface area contributed by atoms with Crippen molar-refractivity contribution in [3.8, 4) is 0 Å². The third kappa shape index (κ3) is 2.21. The average Bonchev–Trinajstić information content (AvgIpc) is 3.06. The summed E-state index contributed by atoms with van der Waals surface area (Å²) in [6, 6.07) is 6.42. The molecule has 4 nitrogen and oxygen atoms in total. The van der Waals surface area contributed by atoms with E-state index in [1.165, 1.54) is 17.4 Å². The van der Waals surface area contributed by atoms with Gasteiger partial charge in [0, 0.05) is 24.2 Å². The lowest BCUT2D eigenvalue weighted by Gasteiger charge is -2.26. The lowest BCUT2D eigenvalue weighted by molar-refractivity contribution is 0.111. The molecule has 2 aromatic heterocycles. The van der Waals surface area contributed by atoms with Crippen LogP contribution in [0.5, 0.6) is 0 Å². The Morgan fingerprint density at radius 3 is 2.90 bits per heavy atom. The Morgan fingerprint density at radius 1 is 1.43 bits per heavy atom. The molecule has 6 heteroatoms. The van der Waals surface area contributed by atoms with Crippen LogP contribution in [0.15, 0.2) is 35.8 Å². The Balaban J connectivity index is 2.04. The largest absolute Gasteiger partial charge is 0.351 e. The molecule has 1 atom stereocenters. The van der Waals surface area contributed by atoms with Gasteiger partial charge in [-0.2, -0.15) is 0 Å².